The number of fused-ring (bicyclic) bond motifs is 1. The van der Waals surface area contributed by atoms with E-state index in [4.69, 9.17) is 9.47 Å². The van der Waals surface area contributed by atoms with E-state index in [9.17, 15) is 13.6 Å². The van der Waals surface area contributed by atoms with Crippen LogP contribution in [0.1, 0.15) is 26.3 Å². The van der Waals surface area contributed by atoms with Crippen molar-refractivity contribution in [3.8, 4) is 11.5 Å². The molecule has 7 heteroatoms. The van der Waals surface area contributed by atoms with Gasteiger partial charge in [0.25, 0.3) is 0 Å². The number of rotatable bonds is 6. The van der Waals surface area contributed by atoms with Crippen LogP contribution in [-0.4, -0.2) is 24.7 Å². The summed E-state index contributed by atoms with van der Waals surface area (Å²) in [5.41, 5.74) is 1.89. The predicted molar refractivity (Wildman–Crippen MR) is 99.5 cm³/mol. The van der Waals surface area contributed by atoms with E-state index >= 15 is 0 Å². The van der Waals surface area contributed by atoms with Gasteiger partial charge in [-0.15, -0.1) is 0 Å². The Morgan fingerprint density at radius 2 is 2.07 bits per heavy atom. The van der Waals surface area contributed by atoms with E-state index in [1.807, 2.05) is 26.0 Å². The van der Waals surface area contributed by atoms with Crippen LogP contribution in [0.25, 0.3) is 0 Å². The molecule has 2 aromatic carbocycles. The van der Waals surface area contributed by atoms with Gasteiger partial charge < -0.3 is 20.1 Å². The molecule has 2 aromatic rings. The van der Waals surface area contributed by atoms with Crippen LogP contribution in [0.4, 0.5) is 20.2 Å². The van der Waals surface area contributed by atoms with E-state index in [1.54, 1.807) is 6.92 Å². The molecule has 27 heavy (non-hydrogen) atoms. The SMILES string of the molecule is CCOc1cc2c(cc1N[C@@H](C)C(=O)Nc1ccc(F)c(F)c1)O[C@H](C)C2. The second-order valence-corrected chi connectivity index (χ2v) is 6.51. The highest BCUT2D eigenvalue weighted by atomic mass is 19.2. The summed E-state index contributed by atoms with van der Waals surface area (Å²) in [6.07, 6.45) is 0.904. The van der Waals surface area contributed by atoms with Gasteiger partial charge in [-0.2, -0.15) is 0 Å². The van der Waals surface area contributed by atoms with Gasteiger partial charge in [0.05, 0.1) is 12.3 Å². The molecule has 1 heterocycles. The minimum absolute atomic E-state index is 0.0961. The van der Waals surface area contributed by atoms with Crippen molar-refractivity contribution < 1.29 is 23.0 Å². The molecule has 2 N–H and O–H groups in total. The quantitative estimate of drug-likeness (QED) is 0.796. The molecule has 0 spiro atoms. The lowest BCUT2D eigenvalue weighted by molar-refractivity contribution is -0.116. The summed E-state index contributed by atoms with van der Waals surface area (Å²) < 4.78 is 37.8. The third-order valence-electron chi connectivity index (χ3n) is 4.25. The predicted octanol–water partition coefficient (Wildman–Crippen LogP) is 4.13. The maximum absolute atomic E-state index is 13.3. The Hall–Kier alpha value is -2.83. The highest BCUT2D eigenvalue weighted by Gasteiger charge is 2.23. The van der Waals surface area contributed by atoms with E-state index in [0.29, 0.717) is 18.0 Å². The van der Waals surface area contributed by atoms with Crippen molar-refractivity contribution in [3.63, 3.8) is 0 Å². The van der Waals surface area contributed by atoms with Gasteiger partial charge in [-0.3, -0.25) is 4.79 Å². The average molecular weight is 376 g/mol. The molecule has 1 aliphatic rings. The lowest BCUT2D eigenvalue weighted by atomic mass is 10.1. The first kappa shape index (κ1) is 18.9. The fraction of sp³-hybridized carbons (Fsp3) is 0.350. The number of carbonyl (C=O) groups is 1. The summed E-state index contributed by atoms with van der Waals surface area (Å²) >= 11 is 0. The number of amides is 1. The zero-order chi connectivity index (χ0) is 19.6. The fourth-order valence-corrected chi connectivity index (χ4v) is 2.95. The molecule has 0 bridgehead atoms. The van der Waals surface area contributed by atoms with Crippen LogP contribution in [0, 0.1) is 11.6 Å². The summed E-state index contributed by atoms with van der Waals surface area (Å²) in [5, 5.41) is 5.66. The zero-order valence-corrected chi connectivity index (χ0v) is 15.4. The number of anilines is 2. The fourth-order valence-electron chi connectivity index (χ4n) is 2.95. The summed E-state index contributed by atoms with van der Waals surface area (Å²) in [6, 6.07) is 6.31. The van der Waals surface area contributed by atoms with Gasteiger partial charge in [-0.25, -0.2) is 8.78 Å². The van der Waals surface area contributed by atoms with Gasteiger partial charge in [0.1, 0.15) is 23.6 Å². The number of nitrogens with one attached hydrogen (secondary N) is 2. The maximum Gasteiger partial charge on any atom is 0.246 e. The van der Waals surface area contributed by atoms with E-state index in [-0.39, 0.29) is 11.8 Å². The molecular weight excluding hydrogens is 354 g/mol. The van der Waals surface area contributed by atoms with Crippen LogP contribution in [0.3, 0.4) is 0 Å². The summed E-state index contributed by atoms with van der Waals surface area (Å²) in [5.74, 6) is -0.967. The Morgan fingerprint density at radius 3 is 2.78 bits per heavy atom. The molecule has 0 unspecified atom stereocenters. The second kappa shape index (κ2) is 7.82. The van der Waals surface area contributed by atoms with Crippen LogP contribution in [0.5, 0.6) is 11.5 Å². The molecule has 144 valence electrons. The Morgan fingerprint density at radius 1 is 1.30 bits per heavy atom. The lowest BCUT2D eigenvalue weighted by Gasteiger charge is -2.19. The van der Waals surface area contributed by atoms with Gasteiger partial charge in [0.15, 0.2) is 11.6 Å². The largest absolute Gasteiger partial charge is 0.492 e. The molecule has 1 aliphatic heterocycles. The highest BCUT2D eigenvalue weighted by Crippen LogP contribution is 2.38. The Balaban J connectivity index is 1.74. The minimum atomic E-state index is -1.02. The Labute approximate surface area is 156 Å². The van der Waals surface area contributed by atoms with Gasteiger partial charge in [-0.1, -0.05) is 0 Å². The van der Waals surface area contributed by atoms with Crippen LogP contribution >= 0.6 is 0 Å². The molecule has 0 aromatic heterocycles. The third-order valence-corrected chi connectivity index (χ3v) is 4.25. The summed E-state index contributed by atoms with van der Waals surface area (Å²) in [4.78, 5) is 12.4. The number of benzene rings is 2. The normalized spacial score (nSPS) is 16.3. The number of hydrogen-bond donors (Lipinski definition) is 2. The van der Waals surface area contributed by atoms with Gasteiger partial charge >= 0.3 is 0 Å². The first-order valence-corrected chi connectivity index (χ1v) is 8.86. The maximum atomic E-state index is 13.3. The monoisotopic (exact) mass is 376 g/mol. The zero-order valence-electron chi connectivity index (χ0n) is 15.4. The van der Waals surface area contributed by atoms with Crippen LogP contribution in [0.2, 0.25) is 0 Å². The first-order valence-electron chi connectivity index (χ1n) is 8.86. The average Bonchev–Trinajstić information content (AvgIpc) is 2.97. The number of hydrogen-bond acceptors (Lipinski definition) is 4. The van der Waals surface area contributed by atoms with Gasteiger partial charge in [0.2, 0.25) is 5.91 Å². The smallest absolute Gasteiger partial charge is 0.246 e. The Bertz CT molecular complexity index is 857. The topological polar surface area (TPSA) is 59.6 Å². The molecule has 3 rings (SSSR count). The van der Waals surface area contributed by atoms with Crippen molar-refractivity contribution >= 4 is 17.3 Å². The number of halogens is 2. The molecule has 1 amide bonds. The van der Waals surface area contributed by atoms with Crippen molar-refractivity contribution in [2.24, 2.45) is 0 Å². The second-order valence-electron chi connectivity index (χ2n) is 6.51. The molecular formula is C20H22F2N2O3. The van der Waals surface area contributed by atoms with Crippen LogP contribution < -0.4 is 20.1 Å². The molecule has 0 aliphatic carbocycles. The van der Waals surface area contributed by atoms with Gasteiger partial charge in [0, 0.05) is 29.8 Å². The van der Waals surface area contributed by atoms with Crippen molar-refractivity contribution in [1.82, 2.24) is 0 Å². The van der Waals surface area contributed by atoms with Crippen LogP contribution in [0.15, 0.2) is 30.3 Å². The summed E-state index contributed by atoms with van der Waals surface area (Å²) in [7, 11) is 0. The highest BCUT2D eigenvalue weighted by molar-refractivity contribution is 5.96. The van der Waals surface area contributed by atoms with Crippen molar-refractivity contribution in [1.29, 1.82) is 0 Å². The van der Waals surface area contributed by atoms with E-state index < -0.39 is 23.6 Å². The molecule has 2 atom stereocenters. The van der Waals surface area contributed by atoms with Crippen LogP contribution in [-0.2, 0) is 11.2 Å². The molecule has 0 saturated carbocycles. The van der Waals surface area contributed by atoms with Crippen molar-refractivity contribution in [2.75, 3.05) is 17.2 Å². The minimum Gasteiger partial charge on any atom is -0.492 e. The van der Waals surface area contributed by atoms with E-state index in [1.165, 1.54) is 6.07 Å². The van der Waals surface area contributed by atoms with Gasteiger partial charge in [-0.05, 0) is 39.0 Å². The molecule has 5 nitrogen and oxygen atoms in total. The lowest BCUT2D eigenvalue weighted by Crippen LogP contribution is -2.32. The van der Waals surface area contributed by atoms with Crippen molar-refractivity contribution in [2.45, 2.75) is 39.3 Å². The van der Waals surface area contributed by atoms with Crippen molar-refractivity contribution in [3.05, 3.63) is 47.5 Å². The molecule has 0 fully saturated rings. The molecule has 0 saturated heterocycles. The summed E-state index contributed by atoms with van der Waals surface area (Å²) in [6.45, 7) is 6.03. The van der Waals surface area contributed by atoms with E-state index in [0.717, 1.165) is 29.9 Å². The number of carbonyl (C=O) groups excluding carboxylic acids is 1. The standard InChI is InChI=1S/C20H22F2N2O3/c1-4-26-19-8-13-7-11(2)27-18(13)10-17(19)23-12(3)20(25)24-14-5-6-15(21)16(22)9-14/h5-6,8-12,23H,4,7H2,1-3H3,(H,24,25)/t11-,12+/m1/s1. The number of ether oxygens (including phenoxy) is 2. The Kier molecular flexibility index (Phi) is 5.48. The third kappa shape index (κ3) is 4.30. The van der Waals surface area contributed by atoms with E-state index in [2.05, 4.69) is 10.6 Å². The molecule has 0 radical (unpaired) electrons. The first-order chi connectivity index (χ1) is 12.9.